The fraction of sp³-hybridized carbons (Fsp3) is 1.00. The van der Waals surface area contributed by atoms with Gasteiger partial charge in [0.25, 0.3) is 0 Å². The monoisotopic (exact) mass is 157 g/mol. The van der Waals surface area contributed by atoms with Crippen LogP contribution in [-0.2, 0) is 4.74 Å². The van der Waals surface area contributed by atoms with E-state index in [4.69, 9.17) is 4.74 Å². The molecule has 1 fully saturated rings. The van der Waals surface area contributed by atoms with Crippen LogP contribution >= 0.6 is 0 Å². The van der Waals surface area contributed by atoms with Gasteiger partial charge in [0.15, 0.2) is 0 Å². The normalized spacial score (nSPS) is 25.4. The molecule has 0 bridgehead atoms. The van der Waals surface area contributed by atoms with Gasteiger partial charge in [-0.3, -0.25) is 0 Å². The Balaban J connectivity index is 2.35. The van der Waals surface area contributed by atoms with E-state index in [1.807, 2.05) is 0 Å². The summed E-state index contributed by atoms with van der Waals surface area (Å²) in [6, 6.07) is 0. The third kappa shape index (κ3) is 2.46. The second-order valence-corrected chi connectivity index (χ2v) is 3.69. The van der Waals surface area contributed by atoms with Crippen molar-refractivity contribution in [2.75, 3.05) is 26.7 Å². The predicted molar refractivity (Wildman–Crippen MR) is 46.8 cm³/mol. The Morgan fingerprint density at radius 2 is 1.91 bits per heavy atom. The highest BCUT2D eigenvalue weighted by atomic mass is 16.5. The lowest BCUT2D eigenvalue weighted by Crippen LogP contribution is -2.42. The molecule has 0 aromatic carbocycles. The van der Waals surface area contributed by atoms with Crippen LogP contribution in [0.15, 0.2) is 0 Å². The summed E-state index contributed by atoms with van der Waals surface area (Å²) >= 11 is 0. The fourth-order valence-electron chi connectivity index (χ4n) is 1.58. The first-order valence-electron chi connectivity index (χ1n) is 4.49. The van der Waals surface area contributed by atoms with E-state index in [2.05, 4.69) is 25.8 Å². The minimum atomic E-state index is 0.168. The average Bonchev–Trinajstić information content (AvgIpc) is 1.97. The Morgan fingerprint density at radius 3 is 2.36 bits per heavy atom. The van der Waals surface area contributed by atoms with E-state index in [1.54, 1.807) is 0 Å². The van der Waals surface area contributed by atoms with Crippen LogP contribution in [0, 0.1) is 0 Å². The Kier molecular flexibility index (Phi) is 2.90. The molecule has 1 saturated heterocycles. The molecule has 0 N–H and O–H groups in total. The van der Waals surface area contributed by atoms with Gasteiger partial charge in [0, 0.05) is 19.7 Å². The maximum absolute atomic E-state index is 5.69. The van der Waals surface area contributed by atoms with Crippen molar-refractivity contribution < 1.29 is 4.74 Å². The van der Waals surface area contributed by atoms with Gasteiger partial charge in [0.1, 0.15) is 0 Å². The van der Waals surface area contributed by atoms with Crippen molar-refractivity contribution in [2.45, 2.75) is 32.3 Å². The summed E-state index contributed by atoms with van der Waals surface area (Å²) in [7, 11) is 2.17. The zero-order chi connectivity index (χ0) is 8.32. The van der Waals surface area contributed by atoms with Gasteiger partial charge in [-0.25, -0.2) is 0 Å². The van der Waals surface area contributed by atoms with Crippen LogP contribution in [0.3, 0.4) is 0 Å². The first-order valence-corrected chi connectivity index (χ1v) is 4.49. The maximum atomic E-state index is 5.69. The van der Waals surface area contributed by atoms with Crippen molar-refractivity contribution in [3.63, 3.8) is 0 Å². The van der Waals surface area contributed by atoms with Crippen LogP contribution in [-0.4, -0.2) is 37.2 Å². The summed E-state index contributed by atoms with van der Waals surface area (Å²) in [5.41, 5.74) is 0.168. The van der Waals surface area contributed by atoms with E-state index >= 15 is 0 Å². The number of piperidine rings is 1. The number of rotatable bonds is 2. The van der Waals surface area contributed by atoms with Gasteiger partial charge >= 0.3 is 0 Å². The number of likely N-dealkylation sites (tertiary alicyclic amines) is 1. The molecule has 0 spiro atoms. The standard InChI is InChI=1S/C9H19NO/c1-4-11-9(2)5-7-10(3)8-6-9/h4-8H2,1-3H3. The Bertz CT molecular complexity index is 117. The molecule has 0 aromatic heterocycles. The first kappa shape index (κ1) is 9.01. The van der Waals surface area contributed by atoms with Crippen molar-refractivity contribution in [3.05, 3.63) is 0 Å². The lowest BCUT2D eigenvalue weighted by molar-refractivity contribution is -0.0622. The molecule has 1 heterocycles. The van der Waals surface area contributed by atoms with Gasteiger partial charge < -0.3 is 9.64 Å². The summed E-state index contributed by atoms with van der Waals surface area (Å²) in [6.45, 7) is 7.50. The molecule has 0 saturated carbocycles. The minimum absolute atomic E-state index is 0.168. The summed E-state index contributed by atoms with van der Waals surface area (Å²) in [5.74, 6) is 0. The number of hydrogen-bond donors (Lipinski definition) is 0. The highest BCUT2D eigenvalue weighted by Crippen LogP contribution is 2.24. The van der Waals surface area contributed by atoms with Crippen LogP contribution in [0.25, 0.3) is 0 Å². The molecular weight excluding hydrogens is 138 g/mol. The summed E-state index contributed by atoms with van der Waals surface area (Å²) < 4.78 is 5.69. The summed E-state index contributed by atoms with van der Waals surface area (Å²) in [4.78, 5) is 2.36. The molecule has 2 nitrogen and oxygen atoms in total. The quantitative estimate of drug-likeness (QED) is 0.602. The van der Waals surface area contributed by atoms with Crippen molar-refractivity contribution in [3.8, 4) is 0 Å². The van der Waals surface area contributed by atoms with Gasteiger partial charge in [-0.1, -0.05) is 0 Å². The SMILES string of the molecule is CCOC1(C)CCN(C)CC1. The molecule has 11 heavy (non-hydrogen) atoms. The summed E-state index contributed by atoms with van der Waals surface area (Å²) in [5, 5.41) is 0. The van der Waals surface area contributed by atoms with Gasteiger partial charge in [0.05, 0.1) is 5.60 Å². The van der Waals surface area contributed by atoms with E-state index in [-0.39, 0.29) is 5.60 Å². The van der Waals surface area contributed by atoms with Crippen LogP contribution in [0.4, 0.5) is 0 Å². The molecule has 0 unspecified atom stereocenters. The molecular formula is C9H19NO. The average molecular weight is 157 g/mol. The Morgan fingerprint density at radius 1 is 1.36 bits per heavy atom. The van der Waals surface area contributed by atoms with Crippen molar-refractivity contribution in [1.82, 2.24) is 4.90 Å². The van der Waals surface area contributed by atoms with Crippen LogP contribution in [0.2, 0.25) is 0 Å². The van der Waals surface area contributed by atoms with E-state index < -0.39 is 0 Å². The van der Waals surface area contributed by atoms with Crippen molar-refractivity contribution in [1.29, 1.82) is 0 Å². The first-order chi connectivity index (χ1) is 5.16. The Hall–Kier alpha value is -0.0800. The van der Waals surface area contributed by atoms with Crippen LogP contribution < -0.4 is 0 Å². The lowest BCUT2D eigenvalue weighted by atomic mass is 9.94. The number of nitrogens with zero attached hydrogens (tertiary/aromatic N) is 1. The third-order valence-electron chi connectivity index (χ3n) is 2.54. The van der Waals surface area contributed by atoms with E-state index in [0.29, 0.717) is 0 Å². The van der Waals surface area contributed by atoms with Gasteiger partial charge in [-0.05, 0) is 33.7 Å². The summed E-state index contributed by atoms with van der Waals surface area (Å²) in [6.07, 6.45) is 2.36. The van der Waals surface area contributed by atoms with Gasteiger partial charge in [-0.2, -0.15) is 0 Å². The molecule has 1 rings (SSSR count). The highest BCUT2D eigenvalue weighted by molar-refractivity contribution is 4.82. The topological polar surface area (TPSA) is 12.5 Å². The molecule has 2 heteroatoms. The number of hydrogen-bond acceptors (Lipinski definition) is 2. The van der Waals surface area contributed by atoms with Crippen LogP contribution in [0.5, 0.6) is 0 Å². The van der Waals surface area contributed by atoms with Crippen molar-refractivity contribution in [2.24, 2.45) is 0 Å². The van der Waals surface area contributed by atoms with Gasteiger partial charge in [-0.15, -0.1) is 0 Å². The molecule has 0 aromatic rings. The second kappa shape index (κ2) is 3.55. The minimum Gasteiger partial charge on any atom is -0.375 e. The maximum Gasteiger partial charge on any atom is 0.0678 e. The van der Waals surface area contributed by atoms with Crippen molar-refractivity contribution >= 4 is 0 Å². The lowest BCUT2D eigenvalue weighted by Gasteiger charge is -2.37. The second-order valence-electron chi connectivity index (χ2n) is 3.69. The Labute approximate surface area is 69.5 Å². The molecule has 66 valence electrons. The van der Waals surface area contributed by atoms with E-state index in [1.165, 1.54) is 25.9 Å². The molecule has 0 aliphatic carbocycles. The van der Waals surface area contributed by atoms with E-state index in [9.17, 15) is 0 Å². The van der Waals surface area contributed by atoms with Crippen LogP contribution in [0.1, 0.15) is 26.7 Å². The molecule has 0 amide bonds. The number of ether oxygens (including phenoxy) is 1. The zero-order valence-corrected chi connectivity index (χ0v) is 7.89. The molecule has 1 aliphatic rings. The largest absolute Gasteiger partial charge is 0.375 e. The van der Waals surface area contributed by atoms with E-state index in [0.717, 1.165) is 6.61 Å². The molecule has 0 atom stereocenters. The predicted octanol–water partition coefficient (Wildman–Crippen LogP) is 1.51. The highest BCUT2D eigenvalue weighted by Gasteiger charge is 2.28. The van der Waals surface area contributed by atoms with Gasteiger partial charge in [0.2, 0.25) is 0 Å². The molecule has 1 aliphatic heterocycles. The zero-order valence-electron chi connectivity index (χ0n) is 7.89. The molecule has 0 radical (unpaired) electrons. The fourth-order valence-corrected chi connectivity index (χ4v) is 1.58. The third-order valence-corrected chi connectivity index (χ3v) is 2.54. The smallest absolute Gasteiger partial charge is 0.0678 e.